The lowest BCUT2D eigenvalue weighted by molar-refractivity contribution is 0.0367. The van der Waals surface area contributed by atoms with E-state index in [1.165, 1.54) is 5.56 Å². The van der Waals surface area contributed by atoms with Crippen molar-refractivity contribution in [2.45, 2.75) is 47.1 Å². The van der Waals surface area contributed by atoms with Gasteiger partial charge in [0.15, 0.2) is 5.11 Å². The molecule has 1 saturated heterocycles. The topological polar surface area (TPSA) is 63.8 Å². The van der Waals surface area contributed by atoms with Crippen molar-refractivity contribution < 1.29 is 4.74 Å². The maximum absolute atomic E-state index is 13.0. The van der Waals surface area contributed by atoms with Crippen LogP contribution in [0.4, 0.5) is 0 Å². The number of pyridine rings is 1. The summed E-state index contributed by atoms with van der Waals surface area (Å²) in [7, 11) is 0. The second-order valence-corrected chi connectivity index (χ2v) is 9.84. The SMILES string of the molecule is CCN(CC)CCCNC(=S)N(CCCN1CCOCC1)Cc1cc2c(C)ccc(C)c2[nH]c1=O. The molecule has 1 aliphatic rings. The lowest BCUT2D eigenvalue weighted by Crippen LogP contribution is -2.43. The predicted molar refractivity (Wildman–Crippen MR) is 149 cm³/mol. The molecular weight excluding hydrogens is 458 g/mol. The van der Waals surface area contributed by atoms with Gasteiger partial charge in [-0.15, -0.1) is 0 Å². The number of hydrogen-bond donors (Lipinski definition) is 2. The average Bonchev–Trinajstić information content (AvgIpc) is 2.87. The van der Waals surface area contributed by atoms with Gasteiger partial charge in [-0.2, -0.15) is 0 Å². The minimum atomic E-state index is -0.0336. The highest BCUT2D eigenvalue weighted by Gasteiger charge is 2.16. The van der Waals surface area contributed by atoms with Gasteiger partial charge in [0.05, 0.1) is 25.3 Å². The zero-order valence-electron chi connectivity index (χ0n) is 22.0. The number of benzene rings is 1. The third kappa shape index (κ3) is 8.00. The Labute approximate surface area is 215 Å². The number of ether oxygens (including phenoxy) is 1. The molecule has 2 aromatic rings. The van der Waals surface area contributed by atoms with Crippen molar-refractivity contribution in [3.8, 4) is 0 Å². The second-order valence-electron chi connectivity index (χ2n) is 9.45. The van der Waals surface area contributed by atoms with E-state index in [0.717, 1.165) is 106 Å². The molecule has 8 heteroatoms. The fraction of sp³-hybridized carbons (Fsp3) is 0.630. The molecule has 1 aliphatic heterocycles. The number of aromatic nitrogens is 1. The normalized spacial score (nSPS) is 14.5. The number of rotatable bonds is 12. The Morgan fingerprint density at radius 2 is 1.83 bits per heavy atom. The van der Waals surface area contributed by atoms with E-state index in [-0.39, 0.29) is 5.56 Å². The van der Waals surface area contributed by atoms with Crippen molar-refractivity contribution in [1.82, 2.24) is 25.0 Å². The summed E-state index contributed by atoms with van der Waals surface area (Å²) in [6, 6.07) is 6.22. The highest BCUT2D eigenvalue weighted by molar-refractivity contribution is 7.80. The predicted octanol–water partition coefficient (Wildman–Crippen LogP) is 3.28. The molecule has 1 fully saturated rings. The van der Waals surface area contributed by atoms with E-state index in [4.69, 9.17) is 17.0 Å². The van der Waals surface area contributed by atoms with Crippen LogP contribution < -0.4 is 10.9 Å². The molecule has 0 unspecified atom stereocenters. The molecule has 35 heavy (non-hydrogen) atoms. The second kappa shape index (κ2) is 13.9. The Kier molecular flexibility index (Phi) is 11.0. The monoisotopic (exact) mass is 501 g/mol. The van der Waals surface area contributed by atoms with Gasteiger partial charge >= 0.3 is 0 Å². The molecule has 194 valence electrons. The number of nitrogens with one attached hydrogen (secondary N) is 2. The van der Waals surface area contributed by atoms with Crippen LogP contribution in [-0.4, -0.2) is 90.4 Å². The Morgan fingerprint density at radius 3 is 2.54 bits per heavy atom. The van der Waals surface area contributed by atoms with Crippen molar-refractivity contribution in [3.63, 3.8) is 0 Å². The number of nitrogens with zero attached hydrogens (tertiary/aromatic N) is 3. The fourth-order valence-electron chi connectivity index (χ4n) is 4.65. The number of thiocarbonyl (C=S) groups is 1. The first-order valence-corrected chi connectivity index (χ1v) is 13.5. The number of aryl methyl sites for hydroxylation is 2. The maximum atomic E-state index is 13.0. The van der Waals surface area contributed by atoms with Crippen molar-refractivity contribution in [2.24, 2.45) is 0 Å². The van der Waals surface area contributed by atoms with E-state index in [9.17, 15) is 4.79 Å². The lowest BCUT2D eigenvalue weighted by Gasteiger charge is -2.29. The van der Waals surface area contributed by atoms with Gasteiger partial charge in [0.25, 0.3) is 5.56 Å². The van der Waals surface area contributed by atoms with Crippen LogP contribution in [0, 0.1) is 13.8 Å². The summed E-state index contributed by atoms with van der Waals surface area (Å²) >= 11 is 5.82. The molecule has 0 spiro atoms. The summed E-state index contributed by atoms with van der Waals surface area (Å²) in [5.41, 5.74) is 3.90. The summed E-state index contributed by atoms with van der Waals surface area (Å²) in [5, 5.41) is 5.29. The molecule has 1 aromatic heterocycles. The molecular formula is C27H43N5O2S. The first kappa shape index (κ1) is 27.6. The van der Waals surface area contributed by atoms with E-state index in [2.05, 4.69) is 64.0 Å². The van der Waals surface area contributed by atoms with Gasteiger partial charge in [-0.05, 0) is 75.7 Å². The van der Waals surface area contributed by atoms with E-state index in [1.807, 2.05) is 6.92 Å². The van der Waals surface area contributed by atoms with Crippen molar-refractivity contribution in [3.05, 3.63) is 45.2 Å². The minimum Gasteiger partial charge on any atom is -0.379 e. The number of morpholine rings is 1. The van der Waals surface area contributed by atoms with E-state index >= 15 is 0 Å². The molecule has 1 aromatic carbocycles. The van der Waals surface area contributed by atoms with Gasteiger partial charge in [0.2, 0.25) is 0 Å². The van der Waals surface area contributed by atoms with Gasteiger partial charge in [0, 0.05) is 43.7 Å². The Balaban J connectivity index is 1.69. The molecule has 0 atom stereocenters. The zero-order valence-corrected chi connectivity index (χ0v) is 22.8. The van der Waals surface area contributed by atoms with E-state index in [0.29, 0.717) is 6.54 Å². The van der Waals surface area contributed by atoms with Crippen molar-refractivity contribution >= 4 is 28.2 Å². The van der Waals surface area contributed by atoms with Gasteiger partial charge in [0.1, 0.15) is 0 Å². The first-order valence-electron chi connectivity index (χ1n) is 13.1. The number of fused-ring (bicyclic) bond motifs is 1. The van der Waals surface area contributed by atoms with Crippen LogP contribution >= 0.6 is 12.2 Å². The third-order valence-corrected chi connectivity index (χ3v) is 7.40. The third-order valence-electron chi connectivity index (χ3n) is 7.00. The average molecular weight is 502 g/mol. The first-order chi connectivity index (χ1) is 16.9. The largest absolute Gasteiger partial charge is 0.379 e. The van der Waals surface area contributed by atoms with E-state index in [1.54, 1.807) is 0 Å². The molecule has 0 bridgehead atoms. The van der Waals surface area contributed by atoms with E-state index < -0.39 is 0 Å². The quantitative estimate of drug-likeness (QED) is 0.342. The minimum absolute atomic E-state index is 0.0336. The van der Waals surface area contributed by atoms with Crippen LogP contribution in [0.3, 0.4) is 0 Å². The summed E-state index contributed by atoms with van der Waals surface area (Å²) in [4.78, 5) is 23.2. The van der Waals surface area contributed by atoms with Crippen molar-refractivity contribution in [2.75, 3.05) is 65.6 Å². The maximum Gasteiger partial charge on any atom is 0.253 e. The van der Waals surface area contributed by atoms with Gasteiger partial charge in [-0.3, -0.25) is 9.69 Å². The van der Waals surface area contributed by atoms with Crippen LogP contribution in [0.1, 0.15) is 43.4 Å². The number of aromatic amines is 1. The highest BCUT2D eigenvalue weighted by atomic mass is 32.1. The molecule has 0 radical (unpaired) electrons. The molecule has 0 saturated carbocycles. The van der Waals surface area contributed by atoms with Crippen LogP contribution in [0.5, 0.6) is 0 Å². The summed E-state index contributed by atoms with van der Waals surface area (Å²) in [5.74, 6) is 0. The standard InChI is InChI=1S/C27H43N5O2S/c1-5-30(6-2)12-7-11-28-27(35)32(14-8-13-31-15-17-34-18-16-31)20-23-19-24-21(3)9-10-22(4)25(24)29-26(23)33/h9-10,19H,5-8,11-18,20H2,1-4H3,(H,28,35)(H,29,33). The number of hydrogen-bond acceptors (Lipinski definition) is 5. The number of H-pyrrole nitrogens is 1. The zero-order chi connectivity index (χ0) is 25.2. The molecule has 2 N–H and O–H groups in total. The van der Waals surface area contributed by atoms with Gasteiger partial charge in [-0.1, -0.05) is 26.0 Å². The molecule has 7 nitrogen and oxygen atoms in total. The summed E-state index contributed by atoms with van der Waals surface area (Å²) in [6.07, 6.45) is 2.03. The molecule has 3 rings (SSSR count). The molecule has 0 aliphatic carbocycles. The Morgan fingerprint density at radius 1 is 1.11 bits per heavy atom. The fourth-order valence-corrected chi connectivity index (χ4v) is 4.91. The summed E-state index contributed by atoms with van der Waals surface area (Å²) in [6.45, 7) is 18.4. The van der Waals surface area contributed by atoms with Crippen LogP contribution in [-0.2, 0) is 11.3 Å². The van der Waals surface area contributed by atoms with Gasteiger partial charge < -0.3 is 24.8 Å². The molecule has 0 amide bonds. The highest BCUT2D eigenvalue weighted by Crippen LogP contribution is 2.20. The Bertz CT molecular complexity index is 1010. The smallest absolute Gasteiger partial charge is 0.253 e. The summed E-state index contributed by atoms with van der Waals surface area (Å²) < 4.78 is 5.47. The van der Waals surface area contributed by atoms with Gasteiger partial charge in [-0.25, -0.2) is 0 Å². The van der Waals surface area contributed by atoms with Crippen LogP contribution in [0.2, 0.25) is 0 Å². The van der Waals surface area contributed by atoms with Crippen LogP contribution in [0.25, 0.3) is 10.9 Å². The lowest BCUT2D eigenvalue weighted by atomic mass is 10.0. The van der Waals surface area contributed by atoms with Crippen LogP contribution in [0.15, 0.2) is 23.0 Å². The molecule has 2 heterocycles. The van der Waals surface area contributed by atoms with Crippen molar-refractivity contribution in [1.29, 1.82) is 0 Å². The Hall–Kier alpha value is -2.00.